The van der Waals surface area contributed by atoms with Gasteiger partial charge in [-0.2, -0.15) is 0 Å². The number of aryl methyl sites for hydroxylation is 2. The number of carbonyl (C=O) groups excluding carboxylic acids is 1. The number of halogens is 1. The number of ether oxygens (including phenoxy) is 1. The van der Waals surface area contributed by atoms with Crippen LogP contribution < -0.4 is 14.8 Å². The molecule has 0 saturated heterocycles. The third kappa shape index (κ3) is 4.97. The molecule has 140 valence electrons. The van der Waals surface area contributed by atoms with Gasteiger partial charge in [0.25, 0.3) is 5.91 Å². The fourth-order valence-electron chi connectivity index (χ4n) is 2.30. The largest absolute Gasteiger partial charge is 0.495 e. The minimum Gasteiger partial charge on any atom is -0.495 e. The predicted octanol–water partition coefficient (Wildman–Crippen LogP) is 2.67. The van der Waals surface area contributed by atoms with E-state index in [1.165, 1.54) is 7.11 Å². The number of hydrogen-bond acceptors (Lipinski definition) is 4. The van der Waals surface area contributed by atoms with Crippen LogP contribution in [-0.2, 0) is 10.0 Å². The maximum Gasteiger partial charge on any atom is 0.251 e. The molecule has 0 unspecified atom stereocenters. The summed E-state index contributed by atoms with van der Waals surface area (Å²) in [6.45, 7) is 3.90. The number of nitrogens with one attached hydrogen (secondary N) is 2. The van der Waals surface area contributed by atoms with Gasteiger partial charge < -0.3 is 10.1 Å². The zero-order valence-corrected chi connectivity index (χ0v) is 16.4. The second kappa shape index (κ2) is 8.53. The summed E-state index contributed by atoms with van der Waals surface area (Å²) in [6.07, 6.45) is 0. The summed E-state index contributed by atoms with van der Waals surface area (Å²) < 4.78 is 32.7. The number of sulfonamides is 1. The summed E-state index contributed by atoms with van der Waals surface area (Å²) in [7, 11) is -2.33. The van der Waals surface area contributed by atoms with Gasteiger partial charge in [0.05, 0.1) is 7.11 Å². The Balaban J connectivity index is 1.99. The topological polar surface area (TPSA) is 84.5 Å². The Bertz CT molecular complexity index is 913. The molecular weight excluding hydrogens is 376 g/mol. The molecule has 2 N–H and O–H groups in total. The van der Waals surface area contributed by atoms with Gasteiger partial charge in [0.1, 0.15) is 10.6 Å². The number of benzene rings is 2. The lowest BCUT2D eigenvalue weighted by Crippen LogP contribution is -2.34. The highest BCUT2D eigenvalue weighted by Gasteiger charge is 2.20. The van der Waals surface area contributed by atoms with E-state index in [0.29, 0.717) is 10.6 Å². The Morgan fingerprint density at radius 1 is 1.12 bits per heavy atom. The lowest BCUT2D eigenvalue weighted by molar-refractivity contribution is 0.0954. The molecular formula is C18H21ClN2O4S. The molecule has 26 heavy (non-hydrogen) atoms. The van der Waals surface area contributed by atoms with Crippen LogP contribution in [0.25, 0.3) is 0 Å². The van der Waals surface area contributed by atoms with E-state index in [1.54, 1.807) is 36.4 Å². The van der Waals surface area contributed by atoms with E-state index in [9.17, 15) is 13.2 Å². The van der Waals surface area contributed by atoms with Crippen LogP contribution in [0.4, 0.5) is 0 Å². The van der Waals surface area contributed by atoms with Crippen LogP contribution >= 0.6 is 11.6 Å². The van der Waals surface area contributed by atoms with Gasteiger partial charge in [0.2, 0.25) is 10.0 Å². The van der Waals surface area contributed by atoms with Gasteiger partial charge in [0.15, 0.2) is 0 Å². The first-order valence-corrected chi connectivity index (χ1v) is 9.79. The van der Waals surface area contributed by atoms with Crippen molar-refractivity contribution >= 4 is 27.5 Å². The zero-order valence-electron chi connectivity index (χ0n) is 14.8. The fraction of sp³-hybridized carbons (Fsp3) is 0.278. The number of amides is 1. The SMILES string of the molecule is COc1cc(C)c(C)cc1S(=O)(=O)NCCNC(=O)c1cccc(Cl)c1. The molecule has 0 bridgehead atoms. The average Bonchev–Trinajstić information content (AvgIpc) is 2.60. The molecule has 2 aromatic carbocycles. The van der Waals surface area contributed by atoms with Gasteiger partial charge in [-0.25, -0.2) is 13.1 Å². The molecule has 0 aliphatic carbocycles. The van der Waals surface area contributed by atoms with Crippen LogP contribution in [-0.4, -0.2) is 34.5 Å². The molecule has 0 aromatic heterocycles. The smallest absolute Gasteiger partial charge is 0.251 e. The quantitative estimate of drug-likeness (QED) is 0.704. The Morgan fingerprint density at radius 3 is 2.46 bits per heavy atom. The summed E-state index contributed by atoms with van der Waals surface area (Å²) >= 11 is 5.85. The Labute approximate surface area is 158 Å². The summed E-state index contributed by atoms with van der Waals surface area (Å²) in [5.41, 5.74) is 2.20. The van der Waals surface area contributed by atoms with E-state index in [4.69, 9.17) is 16.3 Å². The highest BCUT2D eigenvalue weighted by molar-refractivity contribution is 7.89. The summed E-state index contributed by atoms with van der Waals surface area (Å²) in [4.78, 5) is 12.1. The first kappa shape index (κ1) is 20.2. The third-order valence-electron chi connectivity index (χ3n) is 3.86. The monoisotopic (exact) mass is 396 g/mol. The van der Waals surface area contributed by atoms with E-state index in [0.717, 1.165) is 11.1 Å². The Hall–Kier alpha value is -2.09. The van der Waals surface area contributed by atoms with Crippen molar-refractivity contribution in [3.63, 3.8) is 0 Å². The van der Waals surface area contributed by atoms with Gasteiger partial charge in [-0.1, -0.05) is 17.7 Å². The number of hydrogen-bond donors (Lipinski definition) is 2. The lowest BCUT2D eigenvalue weighted by Gasteiger charge is -2.13. The number of rotatable bonds is 7. The minimum atomic E-state index is -3.76. The predicted molar refractivity (Wildman–Crippen MR) is 101 cm³/mol. The van der Waals surface area contributed by atoms with Crippen molar-refractivity contribution in [2.24, 2.45) is 0 Å². The lowest BCUT2D eigenvalue weighted by atomic mass is 10.1. The van der Waals surface area contributed by atoms with E-state index < -0.39 is 10.0 Å². The number of methoxy groups -OCH3 is 1. The van der Waals surface area contributed by atoms with Crippen molar-refractivity contribution in [3.8, 4) is 5.75 Å². The second-order valence-electron chi connectivity index (χ2n) is 5.75. The van der Waals surface area contributed by atoms with Gasteiger partial charge in [-0.05, 0) is 55.3 Å². The molecule has 6 nitrogen and oxygen atoms in total. The van der Waals surface area contributed by atoms with Crippen LogP contribution in [0.3, 0.4) is 0 Å². The molecule has 0 saturated carbocycles. The minimum absolute atomic E-state index is 0.0463. The first-order valence-electron chi connectivity index (χ1n) is 7.93. The standard InChI is InChI=1S/C18H21ClN2O4S/c1-12-9-16(25-3)17(10-13(12)2)26(23,24)21-8-7-20-18(22)14-5-4-6-15(19)11-14/h4-6,9-11,21H,7-8H2,1-3H3,(H,20,22). The van der Waals surface area contributed by atoms with Crippen molar-refractivity contribution in [1.29, 1.82) is 0 Å². The van der Waals surface area contributed by atoms with Crippen molar-refractivity contribution in [2.45, 2.75) is 18.7 Å². The van der Waals surface area contributed by atoms with Crippen molar-refractivity contribution in [2.75, 3.05) is 20.2 Å². The van der Waals surface area contributed by atoms with Gasteiger partial charge >= 0.3 is 0 Å². The van der Waals surface area contributed by atoms with Crippen LogP contribution in [0.5, 0.6) is 5.75 Å². The fourth-order valence-corrected chi connectivity index (χ4v) is 3.76. The zero-order chi connectivity index (χ0) is 19.3. The van der Waals surface area contributed by atoms with Crippen molar-refractivity contribution < 1.29 is 17.9 Å². The average molecular weight is 397 g/mol. The highest BCUT2D eigenvalue weighted by Crippen LogP contribution is 2.27. The van der Waals surface area contributed by atoms with Gasteiger partial charge in [-0.3, -0.25) is 4.79 Å². The molecule has 8 heteroatoms. The van der Waals surface area contributed by atoms with Gasteiger partial charge in [-0.15, -0.1) is 0 Å². The molecule has 0 fully saturated rings. The van der Waals surface area contributed by atoms with E-state index in [-0.39, 0.29) is 29.6 Å². The molecule has 0 radical (unpaired) electrons. The second-order valence-corrected chi connectivity index (χ2v) is 7.92. The van der Waals surface area contributed by atoms with Crippen LogP contribution in [0, 0.1) is 13.8 Å². The third-order valence-corrected chi connectivity index (χ3v) is 5.58. The molecule has 1 amide bonds. The molecule has 2 rings (SSSR count). The molecule has 0 heterocycles. The van der Waals surface area contributed by atoms with Crippen LogP contribution in [0.15, 0.2) is 41.3 Å². The van der Waals surface area contributed by atoms with E-state index in [1.807, 2.05) is 13.8 Å². The Morgan fingerprint density at radius 2 is 1.81 bits per heavy atom. The maximum atomic E-state index is 12.5. The molecule has 0 aliphatic heterocycles. The van der Waals surface area contributed by atoms with Gasteiger partial charge in [0, 0.05) is 23.7 Å². The maximum absolute atomic E-state index is 12.5. The molecule has 2 aromatic rings. The van der Waals surface area contributed by atoms with Crippen molar-refractivity contribution in [1.82, 2.24) is 10.0 Å². The summed E-state index contributed by atoms with van der Waals surface area (Å²) in [5, 5.41) is 3.10. The molecule has 0 atom stereocenters. The molecule has 0 spiro atoms. The summed E-state index contributed by atoms with van der Waals surface area (Å²) in [5.74, 6) is -0.0426. The van der Waals surface area contributed by atoms with E-state index >= 15 is 0 Å². The van der Waals surface area contributed by atoms with Crippen LogP contribution in [0.1, 0.15) is 21.5 Å². The Kier molecular flexibility index (Phi) is 6.63. The normalized spacial score (nSPS) is 11.2. The summed E-state index contributed by atoms with van der Waals surface area (Å²) in [6, 6.07) is 9.77. The van der Waals surface area contributed by atoms with Crippen molar-refractivity contribution in [3.05, 3.63) is 58.1 Å². The molecule has 0 aliphatic rings. The van der Waals surface area contributed by atoms with E-state index in [2.05, 4.69) is 10.0 Å². The first-order chi connectivity index (χ1) is 12.2. The van der Waals surface area contributed by atoms with Crippen LogP contribution in [0.2, 0.25) is 5.02 Å². The number of carbonyl (C=O) groups is 1. The highest BCUT2D eigenvalue weighted by atomic mass is 35.5.